The number of ether oxygens (including phenoxy) is 2. The van der Waals surface area contributed by atoms with Gasteiger partial charge in [-0.1, -0.05) is 41.6 Å². The number of halogens is 1. The first kappa shape index (κ1) is 26.1. The minimum Gasteiger partial charge on any atom is -0.493 e. The summed E-state index contributed by atoms with van der Waals surface area (Å²) in [4.78, 5) is 25.6. The van der Waals surface area contributed by atoms with E-state index in [1.54, 1.807) is 20.3 Å². The van der Waals surface area contributed by atoms with Crippen molar-refractivity contribution >= 4 is 35.1 Å². The van der Waals surface area contributed by atoms with Crippen LogP contribution < -0.4 is 14.4 Å². The summed E-state index contributed by atoms with van der Waals surface area (Å²) in [7, 11) is 5.26. The van der Waals surface area contributed by atoms with Gasteiger partial charge in [0, 0.05) is 44.1 Å². The molecule has 3 aromatic rings. The number of methoxy groups -OCH3 is 2. The number of carbonyl (C=O) groups excluding carboxylic acids is 1. The molecule has 0 atom stereocenters. The number of hydrogen-bond acceptors (Lipinski definition) is 7. The molecule has 2 aromatic carbocycles. The zero-order valence-corrected chi connectivity index (χ0v) is 22.4. The second-order valence-electron chi connectivity index (χ2n) is 8.68. The SMILES string of the molecule is COc1ccc(CCN(C)c2cc(Cl)nc(SCc3ccc(C(=O)N4CCCC4)cc3)n2)cc1OC. The average molecular weight is 527 g/mol. The highest BCUT2D eigenvalue weighted by molar-refractivity contribution is 7.98. The third kappa shape index (κ3) is 6.62. The molecule has 0 bridgehead atoms. The zero-order chi connectivity index (χ0) is 25.5. The van der Waals surface area contributed by atoms with E-state index in [9.17, 15) is 4.79 Å². The summed E-state index contributed by atoms with van der Waals surface area (Å²) in [5, 5.41) is 1.03. The van der Waals surface area contributed by atoms with Gasteiger partial charge >= 0.3 is 0 Å². The molecule has 0 N–H and O–H groups in total. The molecule has 1 aliphatic rings. The Labute approximate surface area is 221 Å². The van der Waals surface area contributed by atoms with Gasteiger partial charge in [0.1, 0.15) is 11.0 Å². The molecule has 2 heterocycles. The third-order valence-electron chi connectivity index (χ3n) is 6.20. The van der Waals surface area contributed by atoms with Crippen molar-refractivity contribution < 1.29 is 14.3 Å². The van der Waals surface area contributed by atoms with Gasteiger partial charge in [-0.3, -0.25) is 4.79 Å². The monoisotopic (exact) mass is 526 g/mol. The highest BCUT2D eigenvalue weighted by Gasteiger charge is 2.19. The van der Waals surface area contributed by atoms with Crippen molar-refractivity contribution in [2.45, 2.75) is 30.2 Å². The number of aromatic nitrogens is 2. The number of likely N-dealkylation sites (tertiary alicyclic amines) is 1. The number of hydrogen-bond donors (Lipinski definition) is 0. The van der Waals surface area contributed by atoms with Crippen molar-refractivity contribution in [2.75, 3.05) is 45.8 Å². The van der Waals surface area contributed by atoms with Crippen LogP contribution in [0.2, 0.25) is 5.15 Å². The number of anilines is 1. The van der Waals surface area contributed by atoms with Crippen LogP contribution in [0.25, 0.3) is 0 Å². The topological polar surface area (TPSA) is 67.8 Å². The summed E-state index contributed by atoms with van der Waals surface area (Å²) in [6, 6.07) is 15.5. The molecule has 1 aromatic heterocycles. The minimum atomic E-state index is 0.116. The second kappa shape index (κ2) is 12.3. The number of benzene rings is 2. The van der Waals surface area contributed by atoms with Crippen molar-refractivity contribution in [3.63, 3.8) is 0 Å². The Balaban J connectivity index is 1.35. The predicted molar refractivity (Wildman–Crippen MR) is 145 cm³/mol. The lowest BCUT2D eigenvalue weighted by Gasteiger charge is -2.19. The second-order valence-corrected chi connectivity index (χ2v) is 10.0. The Hall–Kier alpha value is -2.97. The van der Waals surface area contributed by atoms with E-state index in [4.69, 9.17) is 26.1 Å². The van der Waals surface area contributed by atoms with Gasteiger partial charge in [-0.15, -0.1) is 0 Å². The molecular weight excluding hydrogens is 496 g/mol. The van der Waals surface area contributed by atoms with E-state index in [-0.39, 0.29) is 5.91 Å². The van der Waals surface area contributed by atoms with Crippen LogP contribution in [0.3, 0.4) is 0 Å². The van der Waals surface area contributed by atoms with Crippen LogP contribution in [-0.4, -0.2) is 61.7 Å². The van der Waals surface area contributed by atoms with Crippen LogP contribution in [0.1, 0.15) is 34.3 Å². The fourth-order valence-corrected chi connectivity index (χ4v) is 5.12. The molecule has 36 heavy (non-hydrogen) atoms. The number of thioether (sulfide) groups is 1. The van der Waals surface area contributed by atoms with Crippen LogP contribution >= 0.6 is 23.4 Å². The molecule has 7 nitrogen and oxygen atoms in total. The maximum atomic E-state index is 12.6. The van der Waals surface area contributed by atoms with Crippen molar-refractivity contribution in [2.24, 2.45) is 0 Å². The van der Waals surface area contributed by atoms with E-state index in [2.05, 4.69) is 9.88 Å². The Morgan fingerprint density at radius 3 is 2.39 bits per heavy atom. The summed E-state index contributed by atoms with van der Waals surface area (Å²) in [5.74, 6) is 3.00. The van der Waals surface area contributed by atoms with Gasteiger partial charge < -0.3 is 19.3 Å². The van der Waals surface area contributed by atoms with Crippen molar-refractivity contribution in [3.05, 3.63) is 70.4 Å². The first-order valence-electron chi connectivity index (χ1n) is 11.9. The number of nitrogens with zero attached hydrogens (tertiary/aromatic N) is 4. The van der Waals surface area contributed by atoms with E-state index in [1.807, 2.05) is 54.4 Å². The van der Waals surface area contributed by atoms with Gasteiger partial charge in [-0.05, 0) is 54.7 Å². The summed E-state index contributed by atoms with van der Waals surface area (Å²) in [6.45, 7) is 2.46. The molecule has 0 saturated carbocycles. The summed E-state index contributed by atoms with van der Waals surface area (Å²) >= 11 is 7.84. The van der Waals surface area contributed by atoms with E-state index in [0.717, 1.165) is 67.2 Å². The molecule has 1 fully saturated rings. The molecule has 4 rings (SSSR count). The average Bonchev–Trinajstić information content (AvgIpc) is 3.45. The lowest BCUT2D eigenvalue weighted by atomic mass is 10.1. The highest BCUT2D eigenvalue weighted by atomic mass is 35.5. The largest absolute Gasteiger partial charge is 0.493 e. The third-order valence-corrected chi connectivity index (χ3v) is 7.31. The van der Waals surface area contributed by atoms with Crippen LogP contribution in [0, 0.1) is 0 Å². The lowest BCUT2D eigenvalue weighted by Crippen LogP contribution is -2.27. The smallest absolute Gasteiger partial charge is 0.253 e. The number of amides is 1. The normalized spacial score (nSPS) is 13.1. The Morgan fingerprint density at radius 2 is 1.69 bits per heavy atom. The van der Waals surface area contributed by atoms with E-state index >= 15 is 0 Å². The van der Waals surface area contributed by atoms with Gasteiger partial charge in [-0.25, -0.2) is 9.97 Å². The Kier molecular flexibility index (Phi) is 8.93. The predicted octanol–water partition coefficient (Wildman–Crippen LogP) is 5.35. The highest BCUT2D eigenvalue weighted by Crippen LogP contribution is 2.28. The fraction of sp³-hybridized carbons (Fsp3) is 0.370. The van der Waals surface area contributed by atoms with Gasteiger partial charge in [0.25, 0.3) is 5.91 Å². The molecule has 0 unspecified atom stereocenters. The molecule has 1 aliphatic heterocycles. The molecule has 0 aliphatic carbocycles. The molecule has 0 radical (unpaired) electrons. The standard InChI is InChI=1S/C27H31ClN4O3S/c1-31(15-12-19-8-11-22(34-2)23(16-19)35-3)25-17-24(28)29-27(30-25)36-18-20-6-9-21(10-7-20)26(33)32-13-4-5-14-32/h6-11,16-17H,4-5,12-15,18H2,1-3H3. The maximum Gasteiger partial charge on any atom is 0.253 e. The molecule has 9 heteroatoms. The van der Waals surface area contributed by atoms with Gasteiger partial charge in [0.15, 0.2) is 16.7 Å². The number of rotatable bonds is 10. The van der Waals surface area contributed by atoms with Crippen LogP contribution in [-0.2, 0) is 12.2 Å². The Morgan fingerprint density at radius 1 is 1.00 bits per heavy atom. The molecular formula is C27H31ClN4O3S. The van der Waals surface area contributed by atoms with Crippen LogP contribution in [0.4, 0.5) is 5.82 Å². The van der Waals surface area contributed by atoms with Crippen LogP contribution in [0.5, 0.6) is 11.5 Å². The van der Waals surface area contributed by atoms with Gasteiger partial charge in [0.2, 0.25) is 0 Å². The fourth-order valence-electron chi connectivity index (χ4n) is 4.09. The lowest BCUT2D eigenvalue weighted by molar-refractivity contribution is 0.0793. The molecule has 1 amide bonds. The Bertz CT molecular complexity index is 1190. The molecule has 0 spiro atoms. The summed E-state index contributed by atoms with van der Waals surface area (Å²) < 4.78 is 10.7. The first-order valence-corrected chi connectivity index (χ1v) is 13.3. The van der Waals surface area contributed by atoms with Gasteiger partial charge in [0.05, 0.1) is 14.2 Å². The zero-order valence-electron chi connectivity index (χ0n) is 20.9. The molecule has 190 valence electrons. The van der Waals surface area contributed by atoms with Crippen molar-refractivity contribution in [3.8, 4) is 11.5 Å². The van der Waals surface area contributed by atoms with E-state index in [0.29, 0.717) is 21.8 Å². The van der Waals surface area contributed by atoms with Crippen molar-refractivity contribution in [1.82, 2.24) is 14.9 Å². The quantitative estimate of drug-likeness (QED) is 0.200. The number of carbonyl (C=O) groups is 1. The number of likely N-dealkylation sites (N-methyl/N-ethyl adjacent to an activating group) is 1. The first-order chi connectivity index (χ1) is 17.5. The summed E-state index contributed by atoms with van der Waals surface area (Å²) in [5.41, 5.74) is 2.98. The summed E-state index contributed by atoms with van der Waals surface area (Å²) in [6.07, 6.45) is 2.99. The van der Waals surface area contributed by atoms with Crippen molar-refractivity contribution in [1.29, 1.82) is 0 Å². The van der Waals surface area contributed by atoms with E-state index in [1.165, 1.54) is 11.8 Å². The van der Waals surface area contributed by atoms with Gasteiger partial charge in [-0.2, -0.15) is 0 Å². The van der Waals surface area contributed by atoms with E-state index < -0.39 is 0 Å². The van der Waals surface area contributed by atoms with Crippen LogP contribution in [0.15, 0.2) is 53.7 Å². The minimum absolute atomic E-state index is 0.116. The molecule has 1 saturated heterocycles. The maximum absolute atomic E-state index is 12.6.